The van der Waals surface area contributed by atoms with Crippen LogP contribution in [0.25, 0.3) is 11.3 Å². The Morgan fingerprint density at radius 3 is 2.56 bits per heavy atom. The van der Waals surface area contributed by atoms with Gasteiger partial charge >= 0.3 is 0 Å². The van der Waals surface area contributed by atoms with Crippen molar-refractivity contribution in [1.82, 2.24) is 4.98 Å². The number of rotatable bonds is 4. The molecule has 0 fully saturated rings. The van der Waals surface area contributed by atoms with E-state index in [9.17, 15) is 9.59 Å². The lowest BCUT2D eigenvalue weighted by atomic mass is 10.1. The molecule has 2 aromatic rings. The Bertz CT molecular complexity index is 590. The number of carbonyl (C=O) groups is 2. The van der Waals surface area contributed by atoms with Gasteiger partial charge in [-0.3, -0.25) is 9.59 Å². The zero-order chi connectivity index (χ0) is 13.1. The highest BCUT2D eigenvalue weighted by molar-refractivity contribution is 7.17. The zero-order valence-electron chi connectivity index (χ0n) is 9.84. The van der Waals surface area contributed by atoms with Crippen molar-refractivity contribution in [3.8, 4) is 11.3 Å². The fourth-order valence-corrected chi connectivity index (χ4v) is 2.42. The van der Waals surface area contributed by atoms with Crippen LogP contribution >= 0.6 is 11.3 Å². The number of nitrogens with zero attached hydrogens (tertiary/aromatic N) is 1. The SMILES string of the molecule is CC(=O)CC(=O)c1sc(N)nc1-c1ccccc1. The highest BCUT2D eigenvalue weighted by Gasteiger charge is 2.19. The van der Waals surface area contributed by atoms with Gasteiger partial charge in [-0.15, -0.1) is 0 Å². The zero-order valence-corrected chi connectivity index (χ0v) is 10.7. The second-order valence-electron chi connectivity index (χ2n) is 3.90. The molecule has 0 aliphatic rings. The molecule has 0 unspecified atom stereocenters. The molecule has 92 valence electrons. The van der Waals surface area contributed by atoms with Crippen molar-refractivity contribution in [2.24, 2.45) is 0 Å². The minimum Gasteiger partial charge on any atom is -0.375 e. The maximum Gasteiger partial charge on any atom is 0.182 e. The molecule has 0 spiro atoms. The van der Waals surface area contributed by atoms with Crippen LogP contribution < -0.4 is 5.73 Å². The molecule has 5 heteroatoms. The smallest absolute Gasteiger partial charge is 0.182 e. The van der Waals surface area contributed by atoms with Gasteiger partial charge in [0.1, 0.15) is 10.7 Å². The van der Waals surface area contributed by atoms with Gasteiger partial charge in [-0.05, 0) is 6.92 Å². The highest BCUT2D eigenvalue weighted by Crippen LogP contribution is 2.30. The summed E-state index contributed by atoms with van der Waals surface area (Å²) in [6, 6.07) is 9.34. The summed E-state index contributed by atoms with van der Waals surface area (Å²) in [6.07, 6.45) is -0.110. The molecule has 0 saturated carbocycles. The van der Waals surface area contributed by atoms with Gasteiger partial charge in [-0.1, -0.05) is 41.7 Å². The number of aromatic nitrogens is 1. The first-order valence-corrected chi connectivity index (χ1v) is 6.24. The Kier molecular flexibility index (Phi) is 3.53. The lowest BCUT2D eigenvalue weighted by Gasteiger charge is -2.00. The molecule has 0 radical (unpaired) electrons. The van der Waals surface area contributed by atoms with E-state index in [-0.39, 0.29) is 18.0 Å². The largest absolute Gasteiger partial charge is 0.375 e. The van der Waals surface area contributed by atoms with Crippen molar-refractivity contribution < 1.29 is 9.59 Å². The van der Waals surface area contributed by atoms with Crippen molar-refractivity contribution in [3.63, 3.8) is 0 Å². The lowest BCUT2D eigenvalue weighted by molar-refractivity contribution is -0.116. The maximum absolute atomic E-state index is 12.0. The average Bonchev–Trinajstić information content (AvgIpc) is 2.72. The van der Waals surface area contributed by atoms with Crippen LogP contribution in [0.2, 0.25) is 0 Å². The Morgan fingerprint density at radius 1 is 1.28 bits per heavy atom. The third-order valence-corrected chi connectivity index (χ3v) is 3.28. The number of nitrogen functional groups attached to an aromatic ring is 1. The van der Waals surface area contributed by atoms with Crippen molar-refractivity contribution >= 4 is 28.0 Å². The molecule has 0 bridgehead atoms. The molecule has 4 nitrogen and oxygen atoms in total. The average molecular weight is 260 g/mol. The normalized spacial score (nSPS) is 10.3. The number of carbonyl (C=O) groups excluding carboxylic acids is 2. The van der Waals surface area contributed by atoms with Crippen LogP contribution in [0.5, 0.6) is 0 Å². The number of hydrogen-bond acceptors (Lipinski definition) is 5. The summed E-state index contributed by atoms with van der Waals surface area (Å²) in [6.45, 7) is 1.39. The molecule has 0 amide bonds. The number of hydrogen-bond donors (Lipinski definition) is 1. The number of nitrogens with two attached hydrogens (primary N) is 1. The van der Waals surface area contributed by atoms with Crippen LogP contribution in [0, 0.1) is 0 Å². The van der Waals surface area contributed by atoms with Crippen molar-refractivity contribution in [2.45, 2.75) is 13.3 Å². The number of ketones is 2. The molecule has 0 aliphatic heterocycles. The van der Waals surface area contributed by atoms with E-state index in [1.807, 2.05) is 30.3 Å². The summed E-state index contributed by atoms with van der Waals surface area (Å²) in [4.78, 5) is 27.6. The molecule has 1 aromatic heterocycles. The van der Waals surface area contributed by atoms with Gasteiger partial charge in [0.2, 0.25) is 0 Å². The van der Waals surface area contributed by atoms with Gasteiger partial charge in [0, 0.05) is 5.56 Å². The molecule has 1 aromatic carbocycles. The first-order chi connectivity index (χ1) is 8.58. The van der Waals surface area contributed by atoms with Crippen LogP contribution in [0.15, 0.2) is 30.3 Å². The second kappa shape index (κ2) is 5.10. The molecule has 18 heavy (non-hydrogen) atoms. The third kappa shape index (κ3) is 2.62. The first kappa shape index (κ1) is 12.4. The van der Waals surface area contributed by atoms with Gasteiger partial charge in [-0.25, -0.2) is 4.98 Å². The predicted molar refractivity (Wildman–Crippen MR) is 71.6 cm³/mol. The van der Waals surface area contributed by atoms with E-state index >= 15 is 0 Å². The minimum atomic E-state index is -0.226. The molecule has 2 rings (SSSR count). The second-order valence-corrected chi connectivity index (χ2v) is 4.93. The molecule has 0 saturated heterocycles. The lowest BCUT2D eigenvalue weighted by Crippen LogP contribution is -2.04. The van der Waals surface area contributed by atoms with E-state index in [1.54, 1.807) is 0 Å². The van der Waals surface area contributed by atoms with Crippen LogP contribution in [0.1, 0.15) is 23.0 Å². The molecular weight excluding hydrogens is 248 g/mol. The summed E-state index contributed by atoms with van der Waals surface area (Å²) in [5.41, 5.74) is 7.05. The molecule has 2 N–H and O–H groups in total. The Balaban J connectivity index is 2.43. The van der Waals surface area contributed by atoms with Crippen LogP contribution in [0.3, 0.4) is 0 Å². The standard InChI is InChI=1S/C13H12N2O2S/c1-8(16)7-10(17)12-11(15-13(14)18-12)9-5-3-2-4-6-9/h2-6H,7H2,1H3,(H2,14,15). The molecule has 1 heterocycles. The number of benzene rings is 1. The molecule has 0 aliphatic carbocycles. The van der Waals surface area contributed by atoms with E-state index in [4.69, 9.17) is 5.73 Å². The highest BCUT2D eigenvalue weighted by atomic mass is 32.1. The molecular formula is C13H12N2O2S. The van der Waals surface area contributed by atoms with Crippen LogP contribution in [-0.4, -0.2) is 16.6 Å². The fourth-order valence-electron chi connectivity index (χ4n) is 1.62. The Hall–Kier alpha value is -2.01. The monoisotopic (exact) mass is 260 g/mol. The van der Waals surface area contributed by atoms with Gasteiger partial charge in [0.25, 0.3) is 0 Å². The van der Waals surface area contributed by atoms with E-state index < -0.39 is 0 Å². The number of Topliss-reactive ketones (excluding diaryl/α,β-unsaturated/α-hetero) is 2. The van der Waals surface area contributed by atoms with Gasteiger partial charge in [-0.2, -0.15) is 0 Å². The topological polar surface area (TPSA) is 73.0 Å². The quantitative estimate of drug-likeness (QED) is 0.677. The van der Waals surface area contributed by atoms with Crippen LogP contribution in [0.4, 0.5) is 5.13 Å². The summed E-state index contributed by atoms with van der Waals surface area (Å²) >= 11 is 1.12. The van der Waals surface area contributed by atoms with Gasteiger partial charge in [0.15, 0.2) is 10.9 Å². The van der Waals surface area contributed by atoms with E-state index in [1.165, 1.54) is 6.92 Å². The van der Waals surface area contributed by atoms with Gasteiger partial charge < -0.3 is 5.73 Å². The minimum absolute atomic E-state index is 0.110. The summed E-state index contributed by atoms with van der Waals surface area (Å²) in [7, 11) is 0. The van der Waals surface area contributed by atoms with Crippen LogP contribution in [-0.2, 0) is 4.79 Å². The first-order valence-electron chi connectivity index (χ1n) is 5.42. The van der Waals surface area contributed by atoms with E-state index in [0.717, 1.165) is 16.9 Å². The van der Waals surface area contributed by atoms with E-state index in [2.05, 4.69) is 4.98 Å². The summed E-state index contributed by atoms with van der Waals surface area (Å²) in [5, 5.41) is 0.334. The fraction of sp³-hybridized carbons (Fsp3) is 0.154. The summed E-state index contributed by atoms with van der Waals surface area (Å²) in [5.74, 6) is -0.387. The number of thiazole rings is 1. The number of anilines is 1. The van der Waals surface area contributed by atoms with Gasteiger partial charge in [0.05, 0.1) is 12.1 Å². The Morgan fingerprint density at radius 2 is 1.94 bits per heavy atom. The summed E-state index contributed by atoms with van der Waals surface area (Å²) < 4.78 is 0. The third-order valence-electron chi connectivity index (χ3n) is 2.35. The maximum atomic E-state index is 12.0. The predicted octanol–water partition coefficient (Wildman–Crippen LogP) is 2.55. The molecule has 0 atom stereocenters. The Labute approximate surface area is 108 Å². The van der Waals surface area contributed by atoms with Crippen molar-refractivity contribution in [1.29, 1.82) is 0 Å². The van der Waals surface area contributed by atoms with Crippen molar-refractivity contribution in [3.05, 3.63) is 35.2 Å². The van der Waals surface area contributed by atoms with Crippen molar-refractivity contribution in [2.75, 3.05) is 5.73 Å². The van der Waals surface area contributed by atoms with E-state index in [0.29, 0.717) is 15.7 Å².